The number of amides is 1. The molecule has 3 rings (SSSR count). The molecule has 128 valence electrons. The Kier molecular flexibility index (Phi) is 5.00. The zero-order valence-electron chi connectivity index (χ0n) is 13.6. The zero-order chi connectivity index (χ0) is 18.0. The molecule has 6 nitrogen and oxygen atoms in total. The Morgan fingerprint density at radius 2 is 1.96 bits per heavy atom. The molecule has 0 bridgehead atoms. The standard InChI is InChI=1S/C17H15N3O3S2/c1-10(21)18-12-5-3-11(4-6-12)14(22)9-25-17-19-15-13(7-8-24-15)16(23)20(17)2/h3-8H,9H2,1-2H3,(H,18,21). The number of thiophene rings is 1. The van der Waals surface area contributed by atoms with Gasteiger partial charge in [-0.25, -0.2) is 4.98 Å². The van der Waals surface area contributed by atoms with Crippen molar-refractivity contribution in [2.24, 2.45) is 7.05 Å². The molecule has 0 unspecified atom stereocenters. The Morgan fingerprint density at radius 3 is 2.64 bits per heavy atom. The number of Topliss-reactive ketones (excluding diaryl/α,β-unsaturated/α-hetero) is 1. The number of ketones is 1. The summed E-state index contributed by atoms with van der Waals surface area (Å²) in [6, 6.07) is 8.47. The van der Waals surface area contributed by atoms with E-state index in [9.17, 15) is 14.4 Å². The molecule has 0 saturated carbocycles. The average molecular weight is 373 g/mol. The van der Waals surface area contributed by atoms with Gasteiger partial charge in [-0.05, 0) is 35.7 Å². The Bertz CT molecular complexity index is 1010. The van der Waals surface area contributed by atoms with Crippen LogP contribution in [0.4, 0.5) is 5.69 Å². The van der Waals surface area contributed by atoms with Crippen LogP contribution in [0.25, 0.3) is 10.2 Å². The normalized spacial score (nSPS) is 10.8. The molecule has 0 fully saturated rings. The summed E-state index contributed by atoms with van der Waals surface area (Å²) in [5.74, 6) is -0.0538. The van der Waals surface area contributed by atoms with Crippen LogP contribution in [0, 0.1) is 0 Å². The Balaban J connectivity index is 1.73. The van der Waals surface area contributed by atoms with Gasteiger partial charge in [-0.1, -0.05) is 11.8 Å². The van der Waals surface area contributed by atoms with Gasteiger partial charge in [0, 0.05) is 25.2 Å². The molecule has 25 heavy (non-hydrogen) atoms. The van der Waals surface area contributed by atoms with E-state index in [1.807, 2.05) is 5.38 Å². The molecule has 2 heterocycles. The summed E-state index contributed by atoms with van der Waals surface area (Å²) in [6.45, 7) is 1.43. The number of hydrogen-bond donors (Lipinski definition) is 1. The summed E-state index contributed by atoms with van der Waals surface area (Å²) in [5, 5.41) is 5.59. The van der Waals surface area contributed by atoms with Gasteiger partial charge in [0.2, 0.25) is 5.91 Å². The number of fused-ring (bicyclic) bond motifs is 1. The number of benzene rings is 1. The minimum atomic E-state index is -0.161. The molecule has 1 amide bonds. The average Bonchev–Trinajstić information content (AvgIpc) is 3.05. The maximum absolute atomic E-state index is 12.3. The molecule has 0 aliphatic heterocycles. The molecule has 0 spiro atoms. The minimum absolute atomic E-state index is 0.0695. The first-order chi connectivity index (χ1) is 12.0. The van der Waals surface area contributed by atoms with Crippen LogP contribution in [0.2, 0.25) is 0 Å². The lowest BCUT2D eigenvalue weighted by Gasteiger charge is -2.07. The highest BCUT2D eigenvalue weighted by Crippen LogP contribution is 2.21. The number of thioether (sulfide) groups is 1. The number of hydrogen-bond acceptors (Lipinski definition) is 6. The van der Waals surface area contributed by atoms with E-state index in [4.69, 9.17) is 0 Å². The Morgan fingerprint density at radius 1 is 1.24 bits per heavy atom. The van der Waals surface area contributed by atoms with Crippen molar-refractivity contribution < 1.29 is 9.59 Å². The van der Waals surface area contributed by atoms with Gasteiger partial charge >= 0.3 is 0 Å². The quantitative estimate of drug-likeness (QED) is 0.422. The lowest BCUT2D eigenvalue weighted by Crippen LogP contribution is -2.19. The van der Waals surface area contributed by atoms with Gasteiger partial charge < -0.3 is 5.32 Å². The van der Waals surface area contributed by atoms with Gasteiger partial charge in [-0.2, -0.15) is 0 Å². The van der Waals surface area contributed by atoms with Gasteiger partial charge in [0.05, 0.1) is 11.1 Å². The van der Waals surface area contributed by atoms with Gasteiger partial charge in [-0.15, -0.1) is 11.3 Å². The highest BCUT2D eigenvalue weighted by molar-refractivity contribution is 7.99. The summed E-state index contributed by atoms with van der Waals surface area (Å²) < 4.78 is 1.47. The second-order valence-corrected chi connectivity index (χ2v) is 7.21. The summed E-state index contributed by atoms with van der Waals surface area (Å²) in [7, 11) is 1.65. The molecule has 8 heteroatoms. The smallest absolute Gasteiger partial charge is 0.262 e. The third-order valence-corrected chi connectivity index (χ3v) is 5.36. The first-order valence-corrected chi connectivity index (χ1v) is 9.30. The topological polar surface area (TPSA) is 81.1 Å². The van der Waals surface area contributed by atoms with E-state index in [0.29, 0.717) is 26.6 Å². The molecule has 0 aliphatic rings. The van der Waals surface area contributed by atoms with Crippen LogP contribution in [-0.4, -0.2) is 27.0 Å². The number of aromatic nitrogens is 2. The van der Waals surface area contributed by atoms with E-state index in [1.165, 1.54) is 34.6 Å². The number of nitrogens with one attached hydrogen (secondary N) is 1. The van der Waals surface area contributed by atoms with E-state index in [-0.39, 0.29) is 23.0 Å². The molecule has 2 aromatic heterocycles. The van der Waals surface area contributed by atoms with Crippen LogP contribution in [-0.2, 0) is 11.8 Å². The minimum Gasteiger partial charge on any atom is -0.326 e. The number of nitrogens with zero attached hydrogens (tertiary/aromatic N) is 2. The van der Waals surface area contributed by atoms with E-state index >= 15 is 0 Å². The number of rotatable bonds is 5. The van der Waals surface area contributed by atoms with Crippen molar-refractivity contribution >= 4 is 50.7 Å². The highest BCUT2D eigenvalue weighted by Gasteiger charge is 2.13. The van der Waals surface area contributed by atoms with Crippen molar-refractivity contribution in [2.45, 2.75) is 12.1 Å². The summed E-state index contributed by atoms with van der Waals surface area (Å²) in [5.41, 5.74) is 1.08. The number of carbonyl (C=O) groups excluding carboxylic acids is 2. The molecule has 0 aliphatic carbocycles. The summed E-state index contributed by atoms with van der Waals surface area (Å²) in [6.07, 6.45) is 0. The number of carbonyl (C=O) groups is 2. The molecular weight excluding hydrogens is 358 g/mol. The molecule has 3 aromatic rings. The van der Waals surface area contributed by atoms with Gasteiger partial charge in [0.15, 0.2) is 10.9 Å². The fourth-order valence-corrected chi connectivity index (χ4v) is 3.94. The fraction of sp³-hybridized carbons (Fsp3) is 0.176. The maximum atomic E-state index is 12.3. The van der Waals surface area contributed by atoms with E-state index in [1.54, 1.807) is 37.4 Å². The molecule has 0 saturated heterocycles. The van der Waals surface area contributed by atoms with Crippen molar-refractivity contribution in [1.29, 1.82) is 0 Å². The second kappa shape index (κ2) is 7.20. The predicted molar refractivity (Wildman–Crippen MR) is 101 cm³/mol. The first kappa shape index (κ1) is 17.4. The van der Waals surface area contributed by atoms with Crippen LogP contribution in [0.3, 0.4) is 0 Å². The second-order valence-electron chi connectivity index (χ2n) is 5.37. The van der Waals surface area contributed by atoms with Crippen LogP contribution < -0.4 is 10.9 Å². The Hall–Kier alpha value is -2.45. The van der Waals surface area contributed by atoms with Crippen molar-refractivity contribution in [1.82, 2.24) is 9.55 Å². The van der Waals surface area contributed by atoms with Gasteiger partial charge in [-0.3, -0.25) is 19.0 Å². The monoisotopic (exact) mass is 373 g/mol. The van der Waals surface area contributed by atoms with E-state index < -0.39 is 0 Å². The number of anilines is 1. The van der Waals surface area contributed by atoms with Gasteiger partial charge in [0.25, 0.3) is 5.56 Å². The van der Waals surface area contributed by atoms with Crippen LogP contribution >= 0.6 is 23.1 Å². The SMILES string of the molecule is CC(=O)Nc1ccc(C(=O)CSc2nc3sccc3c(=O)n2C)cc1. The van der Waals surface area contributed by atoms with Gasteiger partial charge in [0.1, 0.15) is 4.83 Å². The summed E-state index contributed by atoms with van der Waals surface area (Å²) in [4.78, 5) is 40.7. The molecular formula is C17H15N3O3S2. The van der Waals surface area contributed by atoms with Crippen LogP contribution in [0.15, 0.2) is 45.7 Å². The largest absolute Gasteiger partial charge is 0.326 e. The first-order valence-electron chi connectivity index (χ1n) is 7.43. The van der Waals surface area contributed by atoms with E-state index in [0.717, 1.165) is 0 Å². The lowest BCUT2D eigenvalue weighted by atomic mass is 10.1. The molecule has 0 atom stereocenters. The van der Waals surface area contributed by atoms with E-state index in [2.05, 4.69) is 10.3 Å². The molecule has 1 N–H and O–H groups in total. The maximum Gasteiger partial charge on any atom is 0.262 e. The van der Waals surface area contributed by atoms with Crippen molar-refractivity contribution in [3.05, 3.63) is 51.6 Å². The predicted octanol–water partition coefficient (Wildman–Crippen LogP) is 2.93. The Labute approximate surface area is 151 Å². The third kappa shape index (κ3) is 3.80. The van der Waals surface area contributed by atoms with Crippen molar-refractivity contribution in [3.8, 4) is 0 Å². The fourth-order valence-electron chi connectivity index (χ4n) is 2.27. The molecule has 1 aromatic carbocycles. The highest BCUT2D eigenvalue weighted by atomic mass is 32.2. The van der Waals surface area contributed by atoms with Crippen molar-refractivity contribution in [2.75, 3.05) is 11.1 Å². The van der Waals surface area contributed by atoms with Crippen LogP contribution in [0.1, 0.15) is 17.3 Å². The zero-order valence-corrected chi connectivity index (χ0v) is 15.2. The summed E-state index contributed by atoms with van der Waals surface area (Å²) >= 11 is 2.64. The van der Waals surface area contributed by atoms with Crippen molar-refractivity contribution in [3.63, 3.8) is 0 Å². The lowest BCUT2D eigenvalue weighted by molar-refractivity contribution is -0.114. The third-order valence-electron chi connectivity index (χ3n) is 3.52. The van der Waals surface area contributed by atoms with Crippen LogP contribution in [0.5, 0.6) is 0 Å². The molecule has 0 radical (unpaired) electrons.